The maximum absolute atomic E-state index is 5.66. The second-order valence-electron chi connectivity index (χ2n) is 3.95. The van der Waals surface area contributed by atoms with Gasteiger partial charge in [-0.05, 0) is 68.5 Å². The Morgan fingerprint density at radius 3 is 2.50 bits per heavy atom. The Bertz CT molecular complexity index is 337. The Morgan fingerprint density at radius 2 is 1.81 bits per heavy atom. The average Bonchev–Trinajstić information content (AvgIpc) is 2.25. The number of hydrogen-bond acceptors (Lipinski definition) is 1. The second-order valence-corrected chi connectivity index (χ2v) is 5.66. The zero-order chi connectivity index (χ0) is 12.0. The average molecular weight is 350 g/mol. The van der Waals surface area contributed by atoms with Crippen molar-refractivity contribution in [3.63, 3.8) is 0 Å². The highest BCUT2D eigenvalue weighted by molar-refractivity contribution is 9.13. The standard InChI is InChI=1S/C13H18Br2O/c1-3-4-5-6-16-9-11-8-13(15)12(14)7-10(11)2/h7-8H,3-6,9H2,1-2H3. The molecule has 0 heterocycles. The predicted molar refractivity (Wildman–Crippen MR) is 75.8 cm³/mol. The van der Waals surface area contributed by atoms with Crippen LogP contribution < -0.4 is 0 Å². The summed E-state index contributed by atoms with van der Waals surface area (Å²) in [5.41, 5.74) is 2.53. The van der Waals surface area contributed by atoms with E-state index in [0.29, 0.717) is 6.61 Å². The third-order valence-corrected chi connectivity index (χ3v) is 4.37. The SMILES string of the molecule is CCCCCOCc1cc(Br)c(Br)cc1C. The van der Waals surface area contributed by atoms with Gasteiger partial charge in [0.15, 0.2) is 0 Å². The normalized spacial score (nSPS) is 10.8. The fourth-order valence-electron chi connectivity index (χ4n) is 1.48. The molecule has 0 N–H and O–H groups in total. The van der Waals surface area contributed by atoms with E-state index < -0.39 is 0 Å². The minimum atomic E-state index is 0.710. The smallest absolute Gasteiger partial charge is 0.0719 e. The lowest BCUT2D eigenvalue weighted by Crippen LogP contribution is -1.98. The first-order chi connectivity index (χ1) is 7.65. The number of rotatable bonds is 6. The summed E-state index contributed by atoms with van der Waals surface area (Å²) in [6, 6.07) is 4.24. The second kappa shape index (κ2) is 7.46. The van der Waals surface area contributed by atoms with Crippen LogP contribution in [0.25, 0.3) is 0 Å². The third kappa shape index (κ3) is 4.56. The maximum Gasteiger partial charge on any atom is 0.0719 e. The molecule has 0 aliphatic rings. The largest absolute Gasteiger partial charge is 0.377 e. The summed E-state index contributed by atoms with van der Waals surface area (Å²) in [5, 5.41) is 0. The Kier molecular flexibility index (Phi) is 6.62. The van der Waals surface area contributed by atoms with Gasteiger partial charge in [0.2, 0.25) is 0 Å². The van der Waals surface area contributed by atoms with Crippen LogP contribution >= 0.6 is 31.9 Å². The highest BCUT2D eigenvalue weighted by Crippen LogP contribution is 2.26. The van der Waals surface area contributed by atoms with Gasteiger partial charge in [0.25, 0.3) is 0 Å². The van der Waals surface area contributed by atoms with Gasteiger partial charge in [0.05, 0.1) is 6.61 Å². The van der Waals surface area contributed by atoms with Gasteiger partial charge in [-0.3, -0.25) is 0 Å². The highest BCUT2D eigenvalue weighted by Gasteiger charge is 2.03. The topological polar surface area (TPSA) is 9.23 Å². The fraction of sp³-hybridized carbons (Fsp3) is 0.538. The Labute approximate surface area is 115 Å². The zero-order valence-electron chi connectivity index (χ0n) is 9.85. The van der Waals surface area contributed by atoms with Crippen molar-refractivity contribution in [3.05, 3.63) is 32.2 Å². The van der Waals surface area contributed by atoms with Crippen LogP contribution in [0.4, 0.5) is 0 Å². The van der Waals surface area contributed by atoms with E-state index >= 15 is 0 Å². The Balaban J connectivity index is 2.45. The molecule has 1 aromatic rings. The lowest BCUT2D eigenvalue weighted by atomic mass is 10.1. The molecule has 0 saturated heterocycles. The molecule has 0 aromatic heterocycles. The molecule has 0 atom stereocenters. The lowest BCUT2D eigenvalue weighted by molar-refractivity contribution is 0.116. The monoisotopic (exact) mass is 348 g/mol. The summed E-state index contributed by atoms with van der Waals surface area (Å²) in [4.78, 5) is 0. The number of ether oxygens (including phenoxy) is 1. The quantitative estimate of drug-likeness (QED) is 0.639. The van der Waals surface area contributed by atoms with Crippen LogP contribution in [0.15, 0.2) is 21.1 Å². The molecule has 90 valence electrons. The van der Waals surface area contributed by atoms with Gasteiger partial charge < -0.3 is 4.74 Å². The van der Waals surface area contributed by atoms with Crippen LogP contribution in [0.2, 0.25) is 0 Å². The van der Waals surface area contributed by atoms with Crippen molar-refractivity contribution in [1.82, 2.24) is 0 Å². The van der Waals surface area contributed by atoms with E-state index in [2.05, 4.69) is 57.8 Å². The summed E-state index contributed by atoms with van der Waals surface area (Å²) < 4.78 is 7.85. The van der Waals surface area contributed by atoms with E-state index in [1.807, 2.05) is 0 Å². The van der Waals surface area contributed by atoms with Crippen LogP contribution in [0, 0.1) is 6.92 Å². The molecule has 0 aliphatic heterocycles. The molecule has 0 fully saturated rings. The Hall–Kier alpha value is 0.140. The first-order valence-electron chi connectivity index (χ1n) is 5.67. The predicted octanol–water partition coefficient (Wildman–Crippen LogP) is 5.23. The van der Waals surface area contributed by atoms with E-state index in [4.69, 9.17) is 4.74 Å². The van der Waals surface area contributed by atoms with Crippen LogP contribution in [-0.4, -0.2) is 6.61 Å². The van der Waals surface area contributed by atoms with Crippen molar-refractivity contribution in [3.8, 4) is 0 Å². The number of benzene rings is 1. The summed E-state index contributed by atoms with van der Waals surface area (Å²) in [6.45, 7) is 5.89. The van der Waals surface area contributed by atoms with Crippen molar-refractivity contribution >= 4 is 31.9 Å². The minimum absolute atomic E-state index is 0.710. The van der Waals surface area contributed by atoms with Gasteiger partial charge in [-0.15, -0.1) is 0 Å². The fourth-order valence-corrected chi connectivity index (χ4v) is 2.33. The van der Waals surface area contributed by atoms with E-state index in [9.17, 15) is 0 Å². The molecule has 0 saturated carbocycles. The first kappa shape index (κ1) is 14.2. The van der Waals surface area contributed by atoms with Crippen molar-refractivity contribution in [1.29, 1.82) is 0 Å². The van der Waals surface area contributed by atoms with Crippen LogP contribution in [0.5, 0.6) is 0 Å². The van der Waals surface area contributed by atoms with E-state index in [1.54, 1.807) is 0 Å². The van der Waals surface area contributed by atoms with E-state index in [1.165, 1.54) is 24.0 Å². The molecule has 0 aliphatic carbocycles. The lowest BCUT2D eigenvalue weighted by Gasteiger charge is -2.09. The van der Waals surface area contributed by atoms with Crippen LogP contribution in [0.3, 0.4) is 0 Å². The molecule has 0 bridgehead atoms. The molecule has 16 heavy (non-hydrogen) atoms. The first-order valence-corrected chi connectivity index (χ1v) is 7.26. The van der Waals surface area contributed by atoms with E-state index in [0.717, 1.165) is 22.0 Å². The number of halogens is 2. The van der Waals surface area contributed by atoms with Crippen LogP contribution in [0.1, 0.15) is 37.3 Å². The van der Waals surface area contributed by atoms with Gasteiger partial charge >= 0.3 is 0 Å². The number of unbranched alkanes of at least 4 members (excludes halogenated alkanes) is 2. The zero-order valence-corrected chi connectivity index (χ0v) is 13.0. The Morgan fingerprint density at radius 1 is 1.12 bits per heavy atom. The highest BCUT2D eigenvalue weighted by atomic mass is 79.9. The van der Waals surface area contributed by atoms with Gasteiger partial charge in [-0.2, -0.15) is 0 Å². The molecule has 0 spiro atoms. The van der Waals surface area contributed by atoms with Gasteiger partial charge in [0, 0.05) is 15.6 Å². The van der Waals surface area contributed by atoms with Gasteiger partial charge in [-0.25, -0.2) is 0 Å². The molecule has 1 rings (SSSR count). The summed E-state index contributed by atoms with van der Waals surface area (Å²) in [5.74, 6) is 0. The van der Waals surface area contributed by atoms with Crippen LogP contribution in [-0.2, 0) is 11.3 Å². The van der Waals surface area contributed by atoms with E-state index in [-0.39, 0.29) is 0 Å². The molecule has 1 aromatic carbocycles. The molecule has 0 amide bonds. The summed E-state index contributed by atoms with van der Waals surface area (Å²) >= 11 is 7.01. The third-order valence-electron chi connectivity index (χ3n) is 2.53. The van der Waals surface area contributed by atoms with Crippen molar-refractivity contribution < 1.29 is 4.74 Å². The molecular weight excluding hydrogens is 332 g/mol. The number of aryl methyl sites for hydroxylation is 1. The molecule has 1 nitrogen and oxygen atoms in total. The minimum Gasteiger partial charge on any atom is -0.377 e. The molecule has 3 heteroatoms. The summed E-state index contributed by atoms with van der Waals surface area (Å²) in [7, 11) is 0. The molecule has 0 radical (unpaired) electrons. The van der Waals surface area contributed by atoms with Gasteiger partial charge in [0.1, 0.15) is 0 Å². The molecule has 0 unspecified atom stereocenters. The van der Waals surface area contributed by atoms with Crippen molar-refractivity contribution in [2.45, 2.75) is 39.7 Å². The van der Waals surface area contributed by atoms with Crippen molar-refractivity contribution in [2.75, 3.05) is 6.61 Å². The molecular formula is C13H18Br2O. The van der Waals surface area contributed by atoms with Gasteiger partial charge in [-0.1, -0.05) is 19.8 Å². The maximum atomic E-state index is 5.66. The summed E-state index contributed by atoms with van der Waals surface area (Å²) in [6.07, 6.45) is 3.66. The number of hydrogen-bond donors (Lipinski definition) is 0. The van der Waals surface area contributed by atoms with Crippen molar-refractivity contribution in [2.24, 2.45) is 0 Å².